The number of benzene rings is 2. The van der Waals surface area contributed by atoms with Gasteiger partial charge in [-0.15, -0.1) is 0 Å². The third kappa shape index (κ3) is 4.15. The summed E-state index contributed by atoms with van der Waals surface area (Å²) >= 11 is 11.7. The molecular weight excluding hydrogens is 297 g/mol. The summed E-state index contributed by atoms with van der Waals surface area (Å²) in [5, 5.41) is 3.84. The van der Waals surface area contributed by atoms with Crippen molar-refractivity contribution in [3.8, 4) is 5.75 Å². The molecule has 0 aliphatic rings. The second-order valence-electron chi connectivity index (χ2n) is 4.04. The first-order valence-corrected chi connectivity index (χ1v) is 6.83. The van der Waals surface area contributed by atoms with Gasteiger partial charge in [0.1, 0.15) is 12.4 Å². The minimum absolute atomic E-state index is 0.213. The van der Waals surface area contributed by atoms with Crippen LogP contribution in [-0.2, 0) is 0 Å². The van der Waals surface area contributed by atoms with Crippen LogP contribution in [-0.4, -0.2) is 19.1 Å². The summed E-state index contributed by atoms with van der Waals surface area (Å²) in [4.78, 5) is 11.9. The number of ether oxygens (including phenoxy) is 1. The molecule has 0 unspecified atom stereocenters. The molecular formula is C15H13Cl2NO2. The van der Waals surface area contributed by atoms with E-state index >= 15 is 0 Å². The van der Waals surface area contributed by atoms with Crippen molar-refractivity contribution in [2.45, 2.75) is 0 Å². The van der Waals surface area contributed by atoms with Crippen LogP contribution in [0.3, 0.4) is 0 Å². The maximum Gasteiger partial charge on any atom is 0.252 e. The molecule has 2 rings (SSSR count). The highest BCUT2D eigenvalue weighted by molar-refractivity contribution is 6.33. The standard InChI is InChI=1S/C15H13Cl2NO2/c16-11-5-7-12(8-6-11)20-10-9-18-15(19)13-3-1-2-4-14(13)17/h1-8H,9-10H2,(H,18,19). The number of hydrogen-bond acceptors (Lipinski definition) is 2. The summed E-state index contributed by atoms with van der Waals surface area (Å²) in [6.07, 6.45) is 0. The summed E-state index contributed by atoms with van der Waals surface area (Å²) in [7, 11) is 0. The number of carbonyl (C=O) groups is 1. The largest absolute Gasteiger partial charge is 0.492 e. The molecule has 104 valence electrons. The van der Waals surface area contributed by atoms with Gasteiger partial charge in [0.25, 0.3) is 5.91 Å². The topological polar surface area (TPSA) is 38.3 Å². The average Bonchev–Trinajstić information content (AvgIpc) is 2.46. The van der Waals surface area contributed by atoms with Gasteiger partial charge in [0.05, 0.1) is 17.1 Å². The van der Waals surface area contributed by atoms with Gasteiger partial charge in [-0.1, -0.05) is 35.3 Å². The van der Waals surface area contributed by atoms with Gasteiger partial charge >= 0.3 is 0 Å². The molecule has 20 heavy (non-hydrogen) atoms. The Balaban J connectivity index is 1.77. The van der Waals surface area contributed by atoms with E-state index < -0.39 is 0 Å². The molecule has 0 radical (unpaired) electrons. The van der Waals surface area contributed by atoms with Crippen LogP contribution in [0.15, 0.2) is 48.5 Å². The molecule has 0 saturated carbocycles. The molecule has 0 aliphatic heterocycles. The summed E-state index contributed by atoms with van der Waals surface area (Å²) in [5.74, 6) is 0.497. The van der Waals surface area contributed by atoms with Crippen molar-refractivity contribution in [3.05, 3.63) is 64.1 Å². The number of nitrogens with one attached hydrogen (secondary N) is 1. The van der Waals surface area contributed by atoms with Crippen molar-refractivity contribution in [1.82, 2.24) is 5.32 Å². The summed E-state index contributed by atoms with van der Waals surface area (Å²) in [5.41, 5.74) is 0.459. The zero-order chi connectivity index (χ0) is 14.4. The highest BCUT2D eigenvalue weighted by atomic mass is 35.5. The lowest BCUT2D eigenvalue weighted by Gasteiger charge is -2.08. The van der Waals surface area contributed by atoms with E-state index in [1.807, 2.05) is 0 Å². The van der Waals surface area contributed by atoms with E-state index in [-0.39, 0.29) is 5.91 Å². The van der Waals surface area contributed by atoms with Gasteiger partial charge in [-0.3, -0.25) is 4.79 Å². The monoisotopic (exact) mass is 309 g/mol. The van der Waals surface area contributed by atoms with Crippen LogP contribution in [0.4, 0.5) is 0 Å². The van der Waals surface area contributed by atoms with E-state index in [0.717, 1.165) is 0 Å². The number of rotatable bonds is 5. The SMILES string of the molecule is O=C(NCCOc1ccc(Cl)cc1)c1ccccc1Cl. The molecule has 0 aromatic heterocycles. The Kier molecular flexibility index (Phi) is 5.27. The van der Waals surface area contributed by atoms with Crippen LogP contribution in [0.1, 0.15) is 10.4 Å². The van der Waals surface area contributed by atoms with Gasteiger partial charge in [-0.25, -0.2) is 0 Å². The van der Waals surface area contributed by atoms with Crippen molar-refractivity contribution in [2.75, 3.05) is 13.2 Å². The summed E-state index contributed by atoms with van der Waals surface area (Å²) < 4.78 is 5.47. The lowest BCUT2D eigenvalue weighted by Crippen LogP contribution is -2.28. The molecule has 0 fully saturated rings. The Morgan fingerprint density at radius 2 is 1.75 bits per heavy atom. The molecule has 3 nitrogen and oxygen atoms in total. The van der Waals surface area contributed by atoms with Crippen LogP contribution in [0.25, 0.3) is 0 Å². The smallest absolute Gasteiger partial charge is 0.252 e. The molecule has 1 N–H and O–H groups in total. The minimum Gasteiger partial charge on any atom is -0.492 e. The second kappa shape index (κ2) is 7.17. The van der Waals surface area contributed by atoms with Crippen molar-refractivity contribution >= 4 is 29.1 Å². The quantitative estimate of drug-likeness (QED) is 0.853. The van der Waals surface area contributed by atoms with Gasteiger partial charge in [-0.2, -0.15) is 0 Å². The molecule has 2 aromatic rings. The van der Waals surface area contributed by atoms with Gasteiger partial charge in [0, 0.05) is 5.02 Å². The maximum atomic E-state index is 11.9. The molecule has 5 heteroatoms. The van der Waals surface area contributed by atoms with Crippen LogP contribution < -0.4 is 10.1 Å². The first-order chi connectivity index (χ1) is 9.66. The Morgan fingerprint density at radius 1 is 1.05 bits per heavy atom. The fourth-order valence-electron chi connectivity index (χ4n) is 1.60. The van der Waals surface area contributed by atoms with E-state index in [0.29, 0.717) is 34.5 Å². The van der Waals surface area contributed by atoms with Gasteiger partial charge in [0.15, 0.2) is 0 Å². The van der Waals surface area contributed by atoms with Crippen molar-refractivity contribution in [2.24, 2.45) is 0 Å². The molecule has 0 spiro atoms. The highest BCUT2D eigenvalue weighted by Gasteiger charge is 2.08. The Bertz CT molecular complexity index is 585. The van der Waals surface area contributed by atoms with Crippen LogP contribution >= 0.6 is 23.2 Å². The number of halogens is 2. The number of amides is 1. The maximum absolute atomic E-state index is 11.9. The van der Waals surface area contributed by atoms with E-state index in [2.05, 4.69) is 5.32 Å². The Labute approximate surface area is 127 Å². The molecule has 0 bridgehead atoms. The molecule has 0 saturated heterocycles. The summed E-state index contributed by atoms with van der Waals surface area (Å²) in [6, 6.07) is 14.0. The number of hydrogen-bond donors (Lipinski definition) is 1. The van der Waals surface area contributed by atoms with E-state index in [1.54, 1.807) is 48.5 Å². The highest BCUT2D eigenvalue weighted by Crippen LogP contribution is 2.16. The van der Waals surface area contributed by atoms with E-state index in [4.69, 9.17) is 27.9 Å². The third-order valence-corrected chi connectivity index (χ3v) is 3.17. The fourth-order valence-corrected chi connectivity index (χ4v) is 1.95. The van der Waals surface area contributed by atoms with Gasteiger partial charge < -0.3 is 10.1 Å². The molecule has 1 amide bonds. The molecule has 0 atom stereocenters. The first kappa shape index (κ1) is 14.7. The lowest BCUT2D eigenvalue weighted by molar-refractivity contribution is 0.0947. The van der Waals surface area contributed by atoms with Crippen LogP contribution in [0, 0.1) is 0 Å². The van der Waals surface area contributed by atoms with Crippen LogP contribution in [0.5, 0.6) is 5.75 Å². The third-order valence-electron chi connectivity index (χ3n) is 2.59. The predicted molar refractivity (Wildman–Crippen MR) is 80.7 cm³/mol. The lowest BCUT2D eigenvalue weighted by atomic mass is 10.2. The number of carbonyl (C=O) groups excluding carboxylic acids is 1. The zero-order valence-corrected chi connectivity index (χ0v) is 12.1. The molecule has 0 heterocycles. The van der Waals surface area contributed by atoms with Crippen molar-refractivity contribution in [3.63, 3.8) is 0 Å². The Hall–Kier alpha value is -1.71. The van der Waals surface area contributed by atoms with Crippen molar-refractivity contribution in [1.29, 1.82) is 0 Å². The summed E-state index contributed by atoms with van der Waals surface area (Å²) in [6.45, 7) is 0.768. The zero-order valence-electron chi connectivity index (χ0n) is 10.6. The predicted octanol–water partition coefficient (Wildman–Crippen LogP) is 3.80. The van der Waals surface area contributed by atoms with Crippen molar-refractivity contribution < 1.29 is 9.53 Å². The molecule has 0 aliphatic carbocycles. The fraction of sp³-hybridized carbons (Fsp3) is 0.133. The van der Waals surface area contributed by atoms with Crippen LogP contribution in [0.2, 0.25) is 10.0 Å². The Morgan fingerprint density at radius 3 is 2.45 bits per heavy atom. The van der Waals surface area contributed by atoms with Gasteiger partial charge in [0.2, 0.25) is 0 Å². The normalized spacial score (nSPS) is 10.1. The molecule has 2 aromatic carbocycles. The second-order valence-corrected chi connectivity index (χ2v) is 4.88. The van der Waals surface area contributed by atoms with E-state index in [9.17, 15) is 4.79 Å². The minimum atomic E-state index is -0.213. The van der Waals surface area contributed by atoms with E-state index in [1.165, 1.54) is 0 Å². The first-order valence-electron chi connectivity index (χ1n) is 6.08. The average molecular weight is 310 g/mol. The van der Waals surface area contributed by atoms with Gasteiger partial charge in [-0.05, 0) is 36.4 Å².